The van der Waals surface area contributed by atoms with Gasteiger partial charge in [-0.15, -0.1) is 0 Å². The standard InChI is InChI=1S/C28H40N5O3/c1-17-23(18(2)32-26(17)25(19(3)34)27(32)35)16-36-24-12-8-10-21-20(9-7-11-22(21)24)15-33(5,6)14-13-31-28(29)30-4/h7-12,17,19,25-26,34H,13-16H2,1-6H3,(H3,29,30,31)/q+1/t17-,19+,25+,26+/m0/s1. The Morgan fingerprint density at radius 2 is 1.94 bits per heavy atom. The fourth-order valence-corrected chi connectivity index (χ4v) is 5.74. The molecule has 1 amide bonds. The Hall–Kier alpha value is -3.10. The monoisotopic (exact) mass is 494 g/mol. The van der Waals surface area contributed by atoms with Crippen LogP contribution in [0, 0.1) is 11.8 Å². The molecule has 0 spiro atoms. The summed E-state index contributed by atoms with van der Waals surface area (Å²) in [5.41, 5.74) is 9.13. The summed E-state index contributed by atoms with van der Waals surface area (Å²) < 4.78 is 7.19. The number of guanidine groups is 1. The highest BCUT2D eigenvalue weighted by atomic mass is 16.5. The van der Waals surface area contributed by atoms with Crippen LogP contribution in [0.3, 0.4) is 0 Å². The fourth-order valence-electron chi connectivity index (χ4n) is 5.74. The number of fused-ring (bicyclic) bond motifs is 2. The summed E-state index contributed by atoms with van der Waals surface area (Å²) in [4.78, 5) is 18.4. The lowest BCUT2D eigenvalue weighted by Gasteiger charge is -2.46. The fraction of sp³-hybridized carbons (Fsp3) is 0.500. The van der Waals surface area contributed by atoms with E-state index in [9.17, 15) is 9.90 Å². The third kappa shape index (κ3) is 4.80. The third-order valence-electron chi connectivity index (χ3n) is 7.81. The van der Waals surface area contributed by atoms with Crippen molar-refractivity contribution < 1.29 is 19.1 Å². The van der Waals surface area contributed by atoms with Gasteiger partial charge in [0.15, 0.2) is 5.96 Å². The summed E-state index contributed by atoms with van der Waals surface area (Å²) in [7, 11) is 6.10. The van der Waals surface area contributed by atoms with Crippen LogP contribution in [-0.4, -0.2) is 79.3 Å². The van der Waals surface area contributed by atoms with Gasteiger partial charge in [-0.2, -0.15) is 0 Å². The number of nitrogens with one attached hydrogen (secondary N) is 1. The minimum absolute atomic E-state index is 0.0183. The van der Waals surface area contributed by atoms with E-state index in [-0.39, 0.29) is 23.8 Å². The van der Waals surface area contributed by atoms with Gasteiger partial charge < -0.3 is 30.3 Å². The molecule has 0 bridgehead atoms. The topological polar surface area (TPSA) is 100 Å². The van der Waals surface area contributed by atoms with E-state index in [1.54, 1.807) is 14.0 Å². The Balaban J connectivity index is 1.50. The molecule has 194 valence electrons. The average Bonchev–Trinajstić information content (AvgIpc) is 3.02. The highest BCUT2D eigenvalue weighted by Crippen LogP contribution is 2.47. The molecule has 4 N–H and O–H groups in total. The van der Waals surface area contributed by atoms with Crippen molar-refractivity contribution in [3.8, 4) is 5.75 Å². The Labute approximate surface area is 214 Å². The van der Waals surface area contributed by atoms with Crippen molar-refractivity contribution in [3.05, 3.63) is 53.2 Å². The molecule has 2 aliphatic rings. The lowest BCUT2D eigenvalue weighted by Crippen LogP contribution is -2.62. The number of aliphatic imine (C=N–C) groups is 1. The molecule has 2 aromatic rings. The van der Waals surface area contributed by atoms with Gasteiger partial charge in [0.05, 0.1) is 45.2 Å². The number of allylic oxidation sites excluding steroid dienone is 1. The maximum atomic E-state index is 12.6. The van der Waals surface area contributed by atoms with Crippen LogP contribution in [0.15, 0.2) is 52.7 Å². The van der Waals surface area contributed by atoms with Gasteiger partial charge in [-0.1, -0.05) is 37.3 Å². The lowest BCUT2D eigenvalue weighted by atomic mass is 9.78. The number of quaternary nitrogens is 1. The van der Waals surface area contributed by atoms with Crippen molar-refractivity contribution in [3.63, 3.8) is 0 Å². The van der Waals surface area contributed by atoms with Crippen molar-refractivity contribution >= 4 is 22.6 Å². The SMILES string of the molecule is CN=C(N)NCC[N+](C)(C)Cc1cccc2c(OCC3=C(C)N4C(=O)[C@H]([C@@H](C)O)[C@H]4[C@H]3C)cccc12. The number of β-lactam (4-membered cyclic amide) rings is 1. The maximum absolute atomic E-state index is 12.6. The number of hydrogen-bond acceptors (Lipinski definition) is 4. The number of ether oxygens (including phenoxy) is 1. The molecular weight excluding hydrogens is 454 g/mol. The van der Waals surface area contributed by atoms with E-state index in [4.69, 9.17) is 10.5 Å². The summed E-state index contributed by atoms with van der Waals surface area (Å²) in [5, 5.41) is 15.5. The molecule has 1 fully saturated rings. The molecule has 36 heavy (non-hydrogen) atoms. The van der Waals surface area contributed by atoms with Crippen LogP contribution < -0.4 is 15.8 Å². The van der Waals surface area contributed by atoms with Crippen LogP contribution in [0.1, 0.15) is 26.3 Å². The number of nitrogens with two attached hydrogens (primary N) is 1. The number of benzene rings is 2. The number of hydrogen-bond donors (Lipinski definition) is 3. The smallest absolute Gasteiger partial charge is 0.234 e. The van der Waals surface area contributed by atoms with E-state index >= 15 is 0 Å². The zero-order chi connectivity index (χ0) is 26.2. The van der Waals surface area contributed by atoms with Crippen LogP contribution in [0.4, 0.5) is 0 Å². The molecule has 8 nitrogen and oxygen atoms in total. The van der Waals surface area contributed by atoms with Gasteiger partial charge in [0, 0.05) is 29.6 Å². The predicted octanol–water partition coefficient (Wildman–Crippen LogP) is 2.46. The van der Waals surface area contributed by atoms with E-state index in [0.29, 0.717) is 12.6 Å². The molecule has 2 heterocycles. The van der Waals surface area contributed by atoms with E-state index in [1.807, 2.05) is 24.0 Å². The summed E-state index contributed by atoms with van der Waals surface area (Å²) in [5.74, 6) is 1.15. The number of nitrogens with zero attached hydrogens (tertiary/aromatic N) is 3. The second-order valence-electron chi connectivity index (χ2n) is 10.8. The zero-order valence-corrected chi connectivity index (χ0v) is 22.3. The van der Waals surface area contributed by atoms with Gasteiger partial charge in [-0.3, -0.25) is 9.79 Å². The van der Waals surface area contributed by atoms with E-state index < -0.39 is 6.10 Å². The van der Waals surface area contributed by atoms with Crippen LogP contribution in [-0.2, 0) is 11.3 Å². The van der Waals surface area contributed by atoms with Gasteiger partial charge in [-0.25, -0.2) is 0 Å². The quantitative estimate of drug-likeness (QED) is 0.215. The highest BCUT2D eigenvalue weighted by molar-refractivity contribution is 5.91. The summed E-state index contributed by atoms with van der Waals surface area (Å²) in [6.07, 6.45) is -0.638. The first kappa shape index (κ1) is 26.0. The van der Waals surface area contributed by atoms with Crippen molar-refractivity contribution in [1.82, 2.24) is 10.2 Å². The Bertz CT molecular complexity index is 1200. The molecule has 0 aromatic heterocycles. The third-order valence-corrected chi connectivity index (χ3v) is 7.81. The largest absolute Gasteiger partial charge is 0.489 e. The van der Waals surface area contributed by atoms with Gasteiger partial charge in [-0.05, 0) is 30.9 Å². The number of likely N-dealkylation sites (N-methyl/N-ethyl adjacent to an activating group) is 1. The van der Waals surface area contributed by atoms with Crippen molar-refractivity contribution in [2.24, 2.45) is 22.6 Å². The molecule has 4 rings (SSSR count). The van der Waals surface area contributed by atoms with Crippen LogP contribution in [0.5, 0.6) is 5.75 Å². The molecule has 0 unspecified atom stereocenters. The van der Waals surface area contributed by atoms with Gasteiger partial charge in [0.2, 0.25) is 5.91 Å². The van der Waals surface area contributed by atoms with Gasteiger partial charge in [0.1, 0.15) is 18.9 Å². The molecule has 0 saturated carbocycles. The number of amides is 1. The molecular formula is C28H40N5O3+. The summed E-state index contributed by atoms with van der Waals surface area (Å²) in [6.45, 7) is 8.77. The normalized spacial score (nSPS) is 23.1. The molecule has 0 aliphatic carbocycles. The second-order valence-corrected chi connectivity index (χ2v) is 10.8. The second kappa shape index (κ2) is 10.1. The Kier molecular flexibility index (Phi) is 7.29. The van der Waals surface area contributed by atoms with Crippen molar-refractivity contribution in [1.29, 1.82) is 0 Å². The summed E-state index contributed by atoms with van der Waals surface area (Å²) >= 11 is 0. The molecule has 2 aromatic carbocycles. The van der Waals surface area contributed by atoms with E-state index in [0.717, 1.165) is 46.5 Å². The van der Waals surface area contributed by atoms with Crippen molar-refractivity contribution in [2.75, 3.05) is 40.8 Å². The van der Waals surface area contributed by atoms with E-state index in [2.05, 4.69) is 55.6 Å². The first-order valence-corrected chi connectivity index (χ1v) is 12.7. The number of aliphatic hydroxyl groups excluding tert-OH is 1. The molecule has 0 radical (unpaired) electrons. The Morgan fingerprint density at radius 1 is 1.25 bits per heavy atom. The molecule has 2 aliphatic heterocycles. The molecule has 8 heteroatoms. The zero-order valence-electron chi connectivity index (χ0n) is 22.3. The lowest BCUT2D eigenvalue weighted by molar-refractivity contribution is -0.902. The van der Waals surface area contributed by atoms with Crippen LogP contribution >= 0.6 is 0 Å². The minimum atomic E-state index is -0.638. The number of rotatable bonds is 9. The highest BCUT2D eigenvalue weighted by Gasteiger charge is 2.57. The first-order chi connectivity index (χ1) is 17.1. The summed E-state index contributed by atoms with van der Waals surface area (Å²) in [6, 6.07) is 12.6. The van der Waals surface area contributed by atoms with Crippen molar-refractivity contribution in [2.45, 2.75) is 39.5 Å². The average molecular weight is 495 g/mol. The number of aliphatic hydroxyl groups is 1. The predicted molar refractivity (Wildman–Crippen MR) is 143 cm³/mol. The van der Waals surface area contributed by atoms with Gasteiger partial charge >= 0.3 is 0 Å². The van der Waals surface area contributed by atoms with E-state index in [1.165, 1.54) is 10.9 Å². The van der Waals surface area contributed by atoms with Gasteiger partial charge in [0.25, 0.3) is 0 Å². The number of carbonyl (C=O) groups excluding carboxylic acids is 1. The molecule has 4 atom stereocenters. The first-order valence-electron chi connectivity index (χ1n) is 12.7. The van der Waals surface area contributed by atoms with Crippen LogP contribution in [0.25, 0.3) is 10.8 Å². The molecule has 1 saturated heterocycles. The number of carbonyl (C=O) groups is 1. The minimum Gasteiger partial charge on any atom is -0.489 e. The Morgan fingerprint density at radius 3 is 2.64 bits per heavy atom. The maximum Gasteiger partial charge on any atom is 0.234 e. The van der Waals surface area contributed by atoms with Crippen LogP contribution in [0.2, 0.25) is 0 Å².